The number of thiocarbonyl (C=S) groups is 1. The minimum atomic E-state index is 0.572. The van der Waals surface area contributed by atoms with E-state index in [9.17, 15) is 0 Å². The molecule has 0 fully saturated rings. The Balaban J connectivity index is 1.95. The maximum absolute atomic E-state index is 5.79. The summed E-state index contributed by atoms with van der Waals surface area (Å²) in [5, 5.41) is 6.68. The van der Waals surface area contributed by atoms with Crippen LogP contribution < -0.4 is 15.4 Å². The predicted octanol–water partition coefficient (Wildman–Crippen LogP) is 4.26. The maximum Gasteiger partial charge on any atom is 0.171 e. The van der Waals surface area contributed by atoms with Gasteiger partial charge in [0.15, 0.2) is 5.11 Å². The smallest absolute Gasteiger partial charge is 0.171 e. The van der Waals surface area contributed by atoms with Crippen LogP contribution in [-0.4, -0.2) is 11.7 Å². The van der Waals surface area contributed by atoms with E-state index in [1.807, 2.05) is 55.5 Å². The van der Waals surface area contributed by atoms with Crippen LogP contribution >= 0.6 is 12.2 Å². The fourth-order valence-corrected chi connectivity index (χ4v) is 1.96. The quantitative estimate of drug-likeness (QED) is 0.638. The van der Waals surface area contributed by atoms with Gasteiger partial charge < -0.3 is 15.4 Å². The summed E-state index contributed by atoms with van der Waals surface area (Å²) in [5.74, 6) is 1.62. The molecule has 0 aliphatic heterocycles. The minimum absolute atomic E-state index is 0.572. The molecule has 0 amide bonds. The first-order valence-electron chi connectivity index (χ1n) is 6.68. The van der Waals surface area contributed by atoms with Crippen LogP contribution in [0.5, 0.6) is 11.5 Å². The van der Waals surface area contributed by atoms with E-state index in [0.29, 0.717) is 11.7 Å². The standard InChI is InChI=1S/C17H18N2OS/c1-3-11-18-17(21)19-14-7-9-15(10-8-14)20-16-6-4-5-13(2)12-16/h3-10,12H,1,11H2,2H3,(H2,18,19,21). The van der Waals surface area contributed by atoms with Crippen LogP contribution in [0.4, 0.5) is 5.69 Å². The van der Waals surface area contributed by atoms with Crippen LogP contribution in [0.15, 0.2) is 61.2 Å². The molecule has 0 aliphatic rings. The highest BCUT2D eigenvalue weighted by Gasteiger charge is 2.00. The summed E-state index contributed by atoms with van der Waals surface area (Å²) in [6, 6.07) is 15.6. The molecule has 3 nitrogen and oxygen atoms in total. The fraction of sp³-hybridized carbons (Fsp3) is 0.118. The van der Waals surface area contributed by atoms with Crippen molar-refractivity contribution >= 4 is 23.0 Å². The number of nitrogens with one attached hydrogen (secondary N) is 2. The first-order chi connectivity index (χ1) is 10.2. The second kappa shape index (κ2) is 7.45. The van der Waals surface area contributed by atoms with Gasteiger partial charge in [0, 0.05) is 12.2 Å². The Hall–Kier alpha value is -2.33. The van der Waals surface area contributed by atoms with Crippen molar-refractivity contribution in [3.63, 3.8) is 0 Å². The van der Waals surface area contributed by atoms with Gasteiger partial charge in [-0.15, -0.1) is 6.58 Å². The van der Waals surface area contributed by atoms with Gasteiger partial charge in [0.2, 0.25) is 0 Å². The van der Waals surface area contributed by atoms with E-state index in [2.05, 4.69) is 17.2 Å². The van der Waals surface area contributed by atoms with Gasteiger partial charge in [-0.1, -0.05) is 18.2 Å². The molecule has 0 radical (unpaired) electrons. The van der Waals surface area contributed by atoms with Gasteiger partial charge in [-0.05, 0) is 61.1 Å². The van der Waals surface area contributed by atoms with Gasteiger partial charge >= 0.3 is 0 Å². The van der Waals surface area contributed by atoms with Crippen LogP contribution in [0.3, 0.4) is 0 Å². The molecule has 4 heteroatoms. The zero-order valence-electron chi connectivity index (χ0n) is 11.9. The monoisotopic (exact) mass is 298 g/mol. The zero-order chi connectivity index (χ0) is 15.1. The van der Waals surface area contributed by atoms with Crippen LogP contribution in [0, 0.1) is 6.92 Å². The Morgan fingerprint density at radius 2 is 1.95 bits per heavy atom. The molecule has 0 saturated heterocycles. The maximum atomic E-state index is 5.79. The molecule has 2 N–H and O–H groups in total. The van der Waals surface area contributed by atoms with E-state index in [1.54, 1.807) is 6.08 Å². The van der Waals surface area contributed by atoms with E-state index < -0.39 is 0 Å². The van der Waals surface area contributed by atoms with Gasteiger partial charge in [0.25, 0.3) is 0 Å². The molecular weight excluding hydrogens is 280 g/mol. The molecule has 21 heavy (non-hydrogen) atoms. The molecular formula is C17H18N2OS. The first kappa shape index (κ1) is 15.1. The predicted molar refractivity (Wildman–Crippen MR) is 92.1 cm³/mol. The molecule has 0 unspecified atom stereocenters. The molecule has 2 rings (SSSR count). The van der Waals surface area contributed by atoms with E-state index in [0.717, 1.165) is 17.2 Å². The van der Waals surface area contributed by atoms with E-state index in [4.69, 9.17) is 17.0 Å². The van der Waals surface area contributed by atoms with Crippen LogP contribution in [-0.2, 0) is 0 Å². The average Bonchev–Trinajstić information content (AvgIpc) is 2.47. The summed E-state index contributed by atoms with van der Waals surface area (Å²) < 4.78 is 5.79. The van der Waals surface area contributed by atoms with Crippen LogP contribution in [0.25, 0.3) is 0 Å². The lowest BCUT2D eigenvalue weighted by Crippen LogP contribution is -2.28. The highest BCUT2D eigenvalue weighted by molar-refractivity contribution is 7.80. The lowest BCUT2D eigenvalue weighted by molar-refractivity contribution is 0.482. The number of rotatable bonds is 5. The molecule has 0 aliphatic carbocycles. The van der Waals surface area contributed by atoms with E-state index >= 15 is 0 Å². The van der Waals surface area contributed by atoms with E-state index in [-0.39, 0.29) is 0 Å². The molecule has 108 valence electrons. The highest BCUT2D eigenvalue weighted by Crippen LogP contribution is 2.23. The number of hydrogen-bond acceptors (Lipinski definition) is 2. The van der Waals surface area contributed by atoms with Crippen molar-refractivity contribution in [2.45, 2.75) is 6.92 Å². The molecule has 0 saturated carbocycles. The van der Waals surface area contributed by atoms with Gasteiger partial charge in [0.05, 0.1) is 0 Å². The third kappa shape index (κ3) is 4.93. The molecule has 0 heterocycles. The van der Waals surface area contributed by atoms with E-state index in [1.165, 1.54) is 5.56 Å². The summed E-state index contributed by atoms with van der Waals surface area (Å²) in [6.07, 6.45) is 1.76. The SMILES string of the molecule is C=CCNC(=S)Nc1ccc(Oc2cccc(C)c2)cc1. The minimum Gasteiger partial charge on any atom is -0.457 e. The Morgan fingerprint density at radius 3 is 2.62 bits per heavy atom. The Bertz CT molecular complexity index is 623. The van der Waals surface area contributed by atoms with Crippen LogP contribution in [0.1, 0.15) is 5.56 Å². The molecule has 0 bridgehead atoms. The van der Waals surface area contributed by atoms with Gasteiger partial charge in [-0.25, -0.2) is 0 Å². The Kier molecular flexibility index (Phi) is 5.35. The summed E-state index contributed by atoms with van der Waals surface area (Å²) in [6.45, 7) is 6.31. The second-order valence-corrected chi connectivity index (χ2v) is 4.97. The Morgan fingerprint density at radius 1 is 1.19 bits per heavy atom. The van der Waals surface area contributed by atoms with Crippen molar-refractivity contribution in [2.24, 2.45) is 0 Å². The third-order valence-corrected chi connectivity index (χ3v) is 2.99. The molecule has 0 atom stereocenters. The third-order valence-electron chi connectivity index (χ3n) is 2.74. The molecule has 2 aromatic carbocycles. The summed E-state index contributed by atoms with van der Waals surface area (Å²) in [7, 11) is 0. The summed E-state index contributed by atoms with van der Waals surface area (Å²) >= 11 is 5.15. The van der Waals surface area contributed by atoms with Crippen molar-refractivity contribution in [1.82, 2.24) is 5.32 Å². The van der Waals surface area contributed by atoms with Crippen molar-refractivity contribution < 1.29 is 4.74 Å². The average molecular weight is 298 g/mol. The van der Waals surface area contributed by atoms with Crippen LogP contribution in [0.2, 0.25) is 0 Å². The number of anilines is 1. The number of benzene rings is 2. The largest absolute Gasteiger partial charge is 0.457 e. The lowest BCUT2D eigenvalue weighted by Gasteiger charge is -2.10. The molecule has 0 spiro atoms. The van der Waals surface area contributed by atoms with Gasteiger partial charge in [0.1, 0.15) is 11.5 Å². The number of aryl methyl sites for hydroxylation is 1. The van der Waals surface area contributed by atoms with Crippen molar-refractivity contribution in [1.29, 1.82) is 0 Å². The van der Waals surface area contributed by atoms with Gasteiger partial charge in [-0.2, -0.15) is 0 Å². The Labute approximate surface area is 130 Å². The van der Waals surface area contributed by atoms with Gasteiger partial charge in [-0.3, -0.25) is 0 Å². The molecule has 0 aromatic heterocycles. The van der Waals surface area contributed by atoms with Crippen molar-refractivity contribution in [3.8, 4) is 11.5 Å². The van der Waals surface area contributed by atoms with Crippen molar-refractivity contribution in [3.05, 3.63) is 66.7 Å². The molecule has 2 aromatic rings. The van der Waals surface area contributed by atoms with Crippen molar-refractivity contribution in [2.75, 3.05) is 11.9 Å². The number of hydrogen-bond donors (Lipinski definition) is 2. The fourth-order valence-electron chi connectivity index (χ4n) is 1.76. The summed E-state index contributed by atoms with van der Waals surface area (Å²) in [5.41, 5.74) is 2.08. The lowest BCUT2D eigenvalue weighted by atomic mass is 10.2. The highest BCUT2D eigenvalue weighted by atomic mass is 32.1. The second-order valence-electron chi connectivity index (χ2n) is 4.57. The topological polar surface area (TPSA) is 33.3 Å². The summed E-state index contributed by atoms with van der Waals surface area (Å²) in [4.78, 5) is 0. The number of ether oxygens (including phenoxy) is 1. The normalized spacial score (nSPS) is 9.76. The zero-order valence-corrected chi connectivity index (χ0v) is 12.7. The first-order valence-corrected chi connectivity index (χ1v) is 7.08.